The predicted octanol–water partition coefficient (Wildman–Crippen LogP) is 4.04. The van der Waals surface area contributed by atoms with Crippen LogP contribution in [0.3, 0.4) is 0 Å². The average Bonchev–Trinajstić information content (AvgIpc) is 3.33. The summed E-state index contributed by atoms with van der Waals surface area (Å²) in [5.74, 6) is 0.219. The Bertz CT molecular complexity index is 1250. The SMILES string of the molecule is Cc1ccc(C)c(CN2C(=O)[C@@](O)(CC(=O)c3ccc4c(c3)OCO4)c3ccccc32)c1. The molecule has 2 heterocycles. The summed E-state index contributed by atoms with van der Waals surface area (Å²) in [5, 5.41) is 11.5. The van der Waals surface area contributed by atoms with Gasteiger partial charge >= 0.3 is 0 Å². The smallest absolute Gasteiger partial charge is 0.264 e. The van der Waals surface area contributed by atoms with Crippen LogP contribution in [0.1, 0.15) is 39.0 Å². The Hall–Kier alpha value is -3.64. The summed E-state index contributed by atoms with van der Waals surface area (Å²) in [4.78, 5) is 28.2. The summed E-state index contributed by atoms with van der Waals surface area (Å²) in [6.45, 7) is 4.43. The van der Waals surface area contributed by atoms with Gasteiger partial charge in [-0.2, -0.15) is 0 Å². The molecule has 0 spiro atoms. The lowest BCUT2D eigenvalue weighted by atomic mass is 9.88. The van der Waals surface area contributed by atoms with Gasteiger partial charge in [-0.05, 0) is 49.2 Å². The summed E-state index contributed by atoms with van der Waals surface area (Å²) in [7, 11) is 0. The average molecular weight is 429 g/mol. The molecule has 0 saturated heterocycles. The van der Waals surface area contributed by atoms with Gasteiger partial charge in [-0.15, -0.1) is 0 Å². The van der Waals surface area contributed by atoms with Crippen LogP contribution in [0.2, 0.25) is 0 Å². The zero-order valence-electron chi connectivity index (χ0n) is 17.9. The van der Waals surface area contributed by atoms with Crippen LogP contribution in [-0.4, -0.2) is 23.6 Å². The summed E-state index contributed by atoms with van der Waals surface area (Å²) >= 11 is 0. The van der Waals surface area contributed by atoms with Crippen LogP contribution in [0.5, 0.6) is 11.5 Å². The quantitative estimate of drug-likeness (QED) is 0.620. The molecule has 3 aromatic rings. The second-order valence-corrected chi connectivity index (χ2v) is 8.37. The van der Waals surface area contributed by atoms with Crippen LogP contribution in [0.15, 0.2) is 60.7 Å². The monoisotopic (exact) mass is 429 g/mol. The summed E-state index contributed by atoms with van der Waals surface area (Å²) in [5.41, 5.74) is 2.66. The molecule has 1 amide bonds. The third kappa shape index (κ3) is 3.24. The fourth-order valence-corrected chi connectivity index (χ4v) is 4.38. The lowest BCUT2D eigenvalue weighted by Gasteiger charge is -2.23. The minimum atomic E-state index is -1.93. The van der Waals surface area contributed by atoms with Crippen molar-refractivity contribution in [2.75, 3.05) is 11.7 Å². The predicted molar refractivity (Wildman–Crippen MR) is 119 cm³/mol. The molecule has 5 rings (SSSR count). The third-order valence-corrected chi connectivity index (χ3v) is 6.18. The molecule has 0 unspecified atom stereocenters. The van der Waals surface area contributed by atoms with E-state index in [1.54, 1.807) is 41.3 Å². The van der Waals surface area contributed by atoms with Crippen molar-refractivity contribution < 1.29 is 24.2 Å². The van der Waals surface area contributed by atoms with Gasteiger partial charge in [0.1, 0.15) is 0 Å². The number of para-hydroxylation sites is 1. The number of aliphatic hydroxyl groups is 1. The standard InChI is InChI=1S/C26H23NO5/c1-16-7-8-17(2)19(11-16)14-27-21-6-4-3-5-20(21)26(30,25(27)29)13-22(28)18-9-10-23-24(12-18)32-15-31-23/h3-12,30H,13-15H2,1-2H3/t26-/m1/s1. The Morgan fingerprint density at radius 3 is 2.66 bits per heavy atom. The van der Waals surface area contributed by atoms with Crippen LogP contribution in [0.4, 0.5) is 5.69 Å². The van der Waals surface area contributed by atoms with Gasteiger partial charge in [-0.25, -0.2) is 0 Å². The minimum absolute atomic E-state index is 0.107. The number of fused-ring (bicyclic) bond motifs is 2. The fourth-order valence-electron chi connectivity index (χ4n) is 4.38. The second-order valence-electron chi connectivity index (χ2n) is 8.37. The maximum atomic E-state index is 13.5. The summed E-state index contributed by atoms with van der Waals surface area (Å²) in [6.07, 6.45) is -0.355. The Morgan fingerprint density at radius 2 is 1.81 bits per heavy atom. The van der Waals surface area contributed by atoms with Crippen LogP contribution in [0.25, 0.3) is 0 Å². The van der Waals surface area contributed by atoms with Gasteiger partial charge in [0.25, 0.3) is 5.91 Å². The third-order valence-electron chi connectivity index (χ3n) is 6.18. The van der Waals surface area contributed by atoms with Crippen molar-refractivity contribution in [2.24, 2.45) is 0 Å². The first kappa shape index (κ1) is 20.3. The zero-order chi connectivity index (χ0) is 22.5. The Kier molecular flexibility index (Phi) is 4.75. The number of hydrogen-bond acceptors (Lipinski definition) is 5. The normalized spacial score (nSPS) is 18.7. The molecule has 0 bridgehead atoms. The Morgan fingerprint density at radius 1 is 1.03 bits per heavy atom. The highest BCUT2D eigenvalue weighted by atomic mass is 16.7. The number of amides is 1. The number of carbonyl (C=O) groups excluding carboxylic acids is 2. The molecule has 1 atom stereocenters. The Labute approximate surface area is 186 Å². The molecule has 2 aliphatic rings. The number of hydrogen-bond donors (Lipinski definition) is 1. The van der Waals surface area contributed by atoms with Gasteiger partial charge in [0.05, 0.1) is 18.7 Å². The molecule has 3 aromatic carbocycles. The molecule has 6 nitrogen and oxygen atoms in total. The topological polar surface area (TPSA) is 76.1 Å². The molecule has 0 aromatic heterocycles. The van der Waals surface area contributed by atoms with Crippen molar-refractivity contribution in [1.82, 2.24) is 0 Å². The van der Waals surface area contributed by atoms with Gasteiger partial charge in [-0.3, -0.25) is 9.59 Å². The first-order valence-corrected chi connectivity index (χ1v) is 10.5. The number of ketones is 1. The molecule has 1 N–H and O–H groups in total. The molecule has 0 aliphatic carbocycles. The van der Waals surface area contributed by atoms with Gasteiger partial charge in [0, 0.05) is 11.1 Å². The maximum Gasteiger partial charge on any atom is 0.264 e. The second kappa shape index (κ2) is 7.50. The van der Waals surface area contributed by atoms with E-state index in [2.05, 4.69) is 0 Å². The van der Waals surface area contributed by atoms with Gasteiger partial charge < -0.3 is 19.5 Å². The van der Waals surface area contributed by atoms with E-state index in [1.807, 2.05) is 38.1 Å². The first-order chi connectivity index (χ1) is 15.4. The van der Waals surface area contributed by atoms with Gasteiger partial charge in [0.2, 0.25) is 6.79 Å². The molecule has 6 heteroatoms. The van der Waals surface area contributed by atoms with Crippen molar-refractivity contribution in [2.45, 2.75) is 32.4 Å². The van der Waals surface area contributed by atoms with E-state index in [0.29, 0.717) is 34.9 Å². The number of benzene rings is 3. The van der Waals surface area contributed by atoms with E-state index < -0.39 is 11.5 Å². The molecular formula is C26H23NO5. The van der Waals surface area contributed by atoms with E-state index in [4.69, 9.17) is 9.47 Å². The van der Waals surface area contributed by atoms with Crippen LogP contribution in [0, 0.1) is 13.8 Å². The number of nitrogens with zero attached hydrogens (tertiary/aromatic N) is 1. The maximum absolute atomic E-state index is 13.5. The van der Waals surface area contributed by atoms with E-state index in [9.17, 15) is 14.7 Å². The van der Waals surface area contributed by atoms with Gasteiger partial charge in [-0.1, -0.05) is 42.0 Å². The number of Topliss-reactive ketones (excluding diaryl/α,β-unsaturated/α-hetero) is 1. The van der Waals surface area contributed by atoms with Crippen LogP contribution in [-0.2, 0) is 16.9 Å². The highest BCUT2D eigenvalue weighted by Crippen LogP contribution is 2.44. The number of carbonyl (C=O) groups is 2. The largest absolute Gasteiger partial charge is 0.454 e. The lowest BCUT2D eigenvalue weighted by Crippen LogP contribution is -2.41. The van der Waals surface area contributed by atoms with E-state index in [1.165, 1.54) is 0 Å². The Balaban J connectivity index is 1.48. The van der Waals surface area contributed by atoms with E-state index in [-0.39, 0.29) is 19.0 Å². The van der Waals surface area contributed by atoms with Crippen molar-refractivity contribution >= 4 is 17.4 Å². The molecule has 2 aliphatic heterocycles. The number of anilines is 1. The van der Waals surface area contributed by atoms with Crippen molar-refractivity contribution in [3.63, 3.8) is 0 Å². The number of ether oxygens (including phenoxy) is 2. The highest BCUT2D eigenvalue weighted by molar-refractivity contribution is 6.10. The summed E-state index contributed by atoms with van der Waals surface area (Å²) < 4.78 is 10.6. The zero-order valence-corrected chi connectivity index (χ0v) is 17.9. The van der Waals surface area contributed by atoms with Gasteiger partial charge in [0.15, 0.2) is 22.9 Å². The van der Waals surface area contributed by atoms with Crippen LogP contribution < -0.4 is 14.4 Å². The van der Waals surface area contributed by atoms with Crippen molar-refractivity contribution in [3.05, 3.63) is 88.5 Å². The molecule has 0 radical (unpaired) electrons. The molecule has 0 fully saturated rings. The van der Waals surface area contributed by atoms with E-state index >= 15 is 0 Å². The lowest BCUT2D eigenvalue weighted by molar-refractivity contribution is -0.136. The van der Waals surface area contributed by atoms with Crippen molar-refractivity contribution in [3.8, 4) is 11.5 Å². The minimum Gasteiger partial charge on any atom is -0.454 e. The molecule has 32 heavy (non-hydrogen) atoms. The molecule has 162 valence electrons. The molecule has 0 saturated carbocycles. The van der Waals surface area contributed by atoms with Crippen LogP contribution >= 0.6 is 0 Å². The highest BCUT2D eigenvalue weighted by Gasteiger charge is 2.50. The fraction of sp³-hybridized carbons (Fsp3) is 0.231. The molecular weight excluding hydrogens is 406 g/mol. The first-order valence-electron chi connectivity index (χ1n) is 10.5. The van der Waals surface area contributed by atoms with E-state index in [0.717, 1.165) is 16.7 Å². The van der Waals surface area contributed by atoms with Crippen molar-refractivity contribution in [1.29, 1.82) is 0 Å². The number of aryl methyl sites for hydroxylation is 2. The number of rotatable bonds is 5. The summed E-state index contributed by atoms with van der Waals surface area (Å²) in [6, 6.07) is 18.1.